The molecule has 1 aliphatic rings. The maximum Gasteiger partial charge on any atom is 0.181 e. The maximum absolute atomic E-state index is 5.47. The van der Waals surface area contributed by atoms with Gasteiger partial charge in [0, 0.05) is 21.9 Å². The summed E-state index contributed by atoms with van der Waals surface area (Å²) < 4.78 is 7.83. The van der Waals surface area contributed by atoms with Crippen molar-refractivity contribution in [2.45, 2.75) is 19.3 Å². The Balaban J connectivity index is 1.63. The molecule has 2 heterocycles. The molecule has 3 heteroatoms. The molecule has 2 aromatic heterocycles. The van der Waals surface area contributed by atoms with Crippen molar-refractivity contribution in [3.63, 3.8) is 0 Å². The van der Waals surface area contributed by atoms with E-state index in [1.165, 1.54) is 50.5 Å². The largest absolute Gasteiger partial charge is 0.443 e. The number of oxazole rings is 1. The summed E-state index contributed by atoms with van der Waals surface area (Å²) in [6.45, 7) is 4.66. The summed E-state index contributed by atoms with van der Waals surface area (Å²) in [4.78, 5) is 4.38. The van der Waals surface area contributed by atoms with Crippen molar-refractivity contribution in [2.75, 3.05) is 0 Å². The standard InChI is InChI=1S/C28H20N2O/c1-28(2)22-9-5-3-7-18(22)20-14-21-19-8-4-6-10-25(19)30(26(21)15-23(20)28)17-11-12-27-24(13-17)29-16-31-27/h3-16H,1-2H3. The van der Waals surface area contributed by atoms with E-state index in [2.05, 4.69) is 96.2 Å². The predicted octanol–water partition coefficient (Wildman–Crippen LogP) is 7.23. The molecule has 0 saturated carbocycles. The molecular weight excluding hydrogens is 380 g/mol. The molecule has 148 valence electrons. The maximum atomic E-state index is 5.47. The number of rotatable bonds is 1. The Morgan fingerprint density at radius 3 is 2.52 bits per heavy atom. The third kappa shape index (κ3) is 2.10. The lowest BCUT2D eigenvalue weighted by atomic mass is 9.82. The van der Waals surface area contributed by atoms with Crippen LogP contribution in [0.15, 0.2) is 89.7 Å². The monoisotopic (exact) mass is 400 g/mol. The van der Waals surface area contributed by atoms with E-state index in [1.807, 2.05) is 6.07 Å². The quantitative estimate of drug-likeness (QED) is 0.291. The molecule has 0 bridgehead atoms. The van der Waals surface area contributed by atoms with Gasteiger partial charge in [0.1, 0.15) is 5.52 Å². The van der Waals surface area contributed by atoms with Crippen molar-refractivity contribution in [1.82, 2.24) is 9.55 Å². The van der Waals surface area contributed by atoms with Crippen LogP contribution in [0.2, 0.25) is 0 Å². The molecular formula is C28H20N2O. The zero-order chi connectivity index (χ0) is 20.7. The summed E-state index contributed by atoms with van der Waals surface area (Å²) >= 11 is 0. The van der Waals surface area contributed by atoms with Crippen molar-refractivity contribution in [3.05, 3.63) is 96.4 Å². The SMILES string of the molecule is CC1(C)c2ccccc2-c2cc3c4ccccc4n(-c4ccc5ocnc5c4)c3cc21. The second kappa shape index (κ2) is 5.64. The van der Waals surface area contributed by atoms with Gasteiger partial charge in [0.05, 0.1) is 11.0 Å². The second-order valence-electron chi connectivity index (χ2n) is 8.94. The number of hydrogen-bond acceptors (Lipinski definition) is 2. The first-order valence-corrected chi connectivity index (χ1v) is 10.6. The molecule has 0 fully saturated rings. The van der Waals surface area contributed by atoms with Gasteiger partial charge in [-0.25, -0.2) is 4.98 Å². The summed E-state index contributed by atoms with van der Waals surface area (Å²) in [5.74, 6) is 0. The molecule has 4 aromatic carbocycles. The molecule has 0 N–H and O–H groups in total. The van der Waals surface area contributed by atoms with Crippen LogP contribution in [0, 0.1) is 0 Å². The number of fused-ring (bicyclic) bond motifs is 7. The Hall–Kier alpha value is -3.85. The highest BCUT2D eigenvalue weighted by Crippen LogP contribution is 2.50. The van der Waals surface area contributed by atoms with Crippen LogP contribution in [0.25, 0.3) is 49.7 Å². The van der Waals surface area contributed by atoms with Gasteiger partial charge in [0.25, 0.3) is 0 Å². The lowest BCUT2D eigenvalue weighted by Crippen LogP contribution is -2.14. The Morgan fingerprint density at radius 2 is 1.58 bits per heavy atom. The van der Waals surface area contributed by atoms with Crippen LogP contribution in [0.1, 0.15) is 25.0 Å². The second-order valence-corrected chi connectivity index (χ2v) is 8.94. The molecule has 1 aliphatic carbocycles. The minimum Gasteiger partial charge on any atom is -0.443 e. The number of nitrogens with zero attached hydrogens (tertiary/aromatic N) is 2. The van der Waals surface area contributed by atoms with Gasteiger partial charge in [0.15, 0.2) is 12.0 Å². The summed E-state index contributed by atoms with van der Waals surface area (Å²) in [5.41, 5.74) is 10.7. The molecule has 3 nitrogen and oxygen atoms in total. The van der Waals surface area contributed by atoms with Crippen molar-refractivity contribution in [1.29, 1.82) is 0 Å². The fraction of sp³-hybridized carbons (Fsp3) is 0.107. The molecule has 0 unspecified atom stereocenters. The number of benzene rings is 4. The molecule has 0 aliphatic heterocycles. The zero-order valence-electron chi connectivity index (χ0n) is 17.4. The van der Waals surface area contributed by atoms with Gasteiger partial charge in [-0.1, -0.05) is 56.3 Å². The van der Waals surface area contributed by atoms with E-state index in [9.17, 15) is 0 Å². The van der Waals surface area contributed by atoms with E-state index < -0.39 is 0 Å². The molecule has 0 atom stereocenters. The van der Waals surface area contributed by atoms with Crippen LogP contribution in [0.3, 0.4) is 0 Å². The minimum absolute atomic E-state index is 0.0303. The lowest BCUT2D eigenvalue weighted by Gasteiger charge is -2.21. The Labute approximate surface area is 179 Å². The highest BCUT2D eigenvalue weighted by Gasteiger charge is 2.36. The van der Waals surface area contributed by atoms with Crippen LogP contribution in [-0.4, -0.2) is 9.55 Å². The summed E-state index contributed by atoms with van der Waals surface area (Å²) in [6.07, 6.45) is 1.51. The van der Waals surface area contributed by atoms with Gasteiger partial charge in [-0.3, -0.25) is 0 Å². The highest BCUT2D eigenvalue weighted by molar-refractivity contribution is 6.11. The first-order chi connectivity index (χ1) is 15.1. The fourth-order valence-electron chi connectivity index (χ4n) is 5.43. The zero-order valence-corrected chi connectivity index (χ0v) is 17.4. The molecule has 0 saturated heterocycles. The van der Waals surface area contributed by atoms with Gasteiger partial charge >= 0.3 is 0 Å². The van der Waals surface area contributed by atoms with E-state index >= 15 is 0 Å². The van der Waals surface area contributed by atoms with Crippen LogP contribution in [0.5, 0.6) is 0 Å². The van der Waals surface area contributed by atoms with Gasteiger partial charge < -0.3 is 8.98 Å². The fourth-order valence-corrected chi connectivity index (χ4v) is 5.43. The van der Waals surface area contributed by atoms with Crippen LogP contribution >= 0.6 is 0 Å². The first-order valence-electron chi connectivity index (χ1n) is 10.6. The van der Waals surface area contributed by atoms with Crippen molar-refractivity contribution in [2.24, 2.45) is 0 Å². The van der Waals surface area contributed by atoms with Crippen LogP contribution in [0.4, 0.5) is 0 Å². The van der Waals surface area contributed by atoms with Crippen molar-refractivity contribution >= 4 is 32.9 Å². The van der Waals surface area contributed by atoms with Crippen LogP contribution in [-0.2, 0) is 5.41 Å². The normalized spacial score (nSPS) is 14.4. The molecule has 0 radical (unpaired) electrons. The third-order valence-electron chi connectivity index (χ3n) is 6.95. The average molecular weight is 400 g/mol. The smallest absolute Gasteiger partial charge is 0.181 e. The Morgan fingerprint density at radius 1 is 0.742 bits per heavy atom. The van der Waals surface area contributed by atoms with E-state index in [0.29, 0.717) is 0 Å². The lowest BCUT2D eigenvalue weighted by molar-refractivity contribution is 0.602. The highest BCUT2D eigenvalue weighted by atomic mass is 16.3. The number of para-hydroxylation sites is 1. The Bertz CT molecular complexity index is 1670. The van der Waals surface area contributed by atoms with E-state index in [0.717, 1.165) is 16.8 Å². The van der Waals surface area contributed by atoms with Crippen molar-refractivity contribution in [3.8, 4) is 16.8 Å². The molecule has 6 aromatic rings. The molecule has 0 spiro atoms. The third-order valence-corrected chi connectivity index (χ3v) is 6.95. The van der Waals surface area contributed by atoms with E-state index in [1.54, 1.807) is 0 Å². The minimum atomic E-state index is -0.0303. The molecule has 31 heavy (non-hydrogen) atoms. The van der Waals surface area contributed by atoms with Gasteiger partial charge in [-0.05, 0) is 58.7 Å². The summed E-state index contributed by atoms with van der Waals surface area (Å²) in [7, 11) is 0. The average Bonchev–Trinajstić information content (AvgIpc) is 3.45. The molecule has 0 amide bonds. The number of aromatic nitrogens is 2. The van der Waals surface area contributed by atoms with Gasteiger partial charge in [-0.15, -0.1) is 0 Å². The van der Waals surface area contributed by atoms with E-state index in [4.69, 9.17) is 4.42 Å². The number of hydrogen-bond donors (Lipinski definition) is 0. The van der Waals surface area contributed by atoms with Crippen molar-refractivity contribution < 1.29 is 4.42 Å². The summed E-state index contributed by atoms with van der Waals surface area (Å²) in [6, 6.07) is 28.5. The first kappa shape index (κ1) is 16.9. The van der Waals surface area contributed by atoms with Gasteiger partial charge in [-0.2, -0.15) is 0 Å². The molecule has 7 rings (SSSR count). The topological polar surface area (TPSA) is 31.0 Å². The summed E-state index contributed by atoms with van der Waals surface area (Å²) in [5, 5.41) is 2.55. The van der Waals surface area contributed by atoms with Crippen LogP contribution < -0.4 is 0 Å². The van der Waals surface area contributed by atoms with Gasteiger partial charge in [0.2, 0.25) is 0 Å². The van der Waals surface area contributed by atoms with E-state index in [-0.39, 0.29) is 5.41 Å². The Kier molecular flexibility index (Phi) is 3.07. The predicted molar refractivity (Wildman–Crippen MR) is 126 cm³/mol.